The number of nitrogens with zero attached hydrogens (tertiary/aromatic N) is 1. The maximum Gasteiger partial charge on any atom is 0.284 e. The van der Waals surface area contributed by atoms with Crippen LogP contribution in [0.2, 0.25) is 0 Å². The number of allylic oxidation sites excluding steroid dienone is 6. The molecule has 0 saturated heterocycles. The number of primary amides is 1. The van der Waals surface area contributed by atoms with E-state index in [0.717, 1.165) is 25.7 Å². The fourth-order valence-corrected chi connectivity index (χ4v) is 2.69. The van der Waals surface area contributed by atoms with Crippen molar-refractivity contribution < 1.29 is 14.4 Å². The standard InChI is InChI=1S/C25H40N2O3/c1-19(2)9-7-11-21(5)15-17-27(24(29)14-13-23(28)25(26)30)18-16-22(6)12-8-10-20(3)4/h9-10,15-16H,7-8,11-14,17-18H2,1-6H3,(H2,26,30)/b21-15+,22-16+. The zero-order chi connectivity index (χ0) is 23.1. The molecular weight excluding hydrogens is 376 g/mol. The average molecular weight is 417 g/mol. The van der Waals surface area contributed by atoms with Gasteiger partial charge in [0.25, 0.3) is 5.91 Å². The van der Waals surface area contributed by atoms with Gasteiger partial charge < -0.3 is 10.6 Å². The summed E-state index contributed by atoms with van der Waals surface area (Å²) in [5.74, 6) is -1.84. The van der Waals surface area contributed by atoms with Crippen molar-refractivity contribution in [3.05, 3.63) is 46.6 Å². The summed E-state index contributed by atoms with van der Waals surface area (Å²) in [4.78, 5) is 36.8. The molecule has 0 aromatic rings. The molecule has 30 heavy (non-hydrogen) atoms. The maximum absolute atomic E-state index is 12.6. The molecule has 0 saturated carbocycles. The molecule has 0 fully saturated rings. The molecule has 0 spiro atoms. The molecule has 2 amide bonds. The predicted octanol–water partition coefficient (Wildman–Crippen LogP) is 5.04. The van der Waals surface area contributed by atoms with Gasteiger partial charge in [-0.1, -0.05) is 46.6 Å². The van der Waals surface area contributed by atoms with Crippen LogP contribution < -0.4 is 5.73 Å². The van der Waals surface area contributed by atoms with Crippen LogP contribution in [0.15, 0.2) is 46.6 Å². The smallest absolute Gasteiger partial charge is 0.284 e. The van der Waals surface area contributed by atoms with Crippen molar-refractivity contribution in [3.8, 4) is 0 Å². The van der Waals surface area contributed by atoms with Gasteiger partial charge in [-0.15, -0.1) is 0 Å². The third-order valence-electron chi connectivity index (χ3n) is 4.70. The Labute approximate surface area is 182 Å². The first-order chi connectivity index (χ1) is 14.0. The molecule has 0 aliphatic rings. The van der Waals surface area contributed by atoms with E-state index in [0.29, 0.717) is 13.1 Å². The Morgan fingerprint density at radius 2 is 1.10 bits per heavy atom. The van der Waals surface area contributed by atoms with Crippen molar-refractivity contribution >= 4 is 17.6 Å². The zero-order valence-electron chi connectivity index (χ0n) is 19.7. The predicted molar refractivity (Wildman–Crippen MR) is 125 cm³/mol. The number of hydrogen-bond donors (Lipinski definition) is 1. The number of amides is 2. The number of hydrogen-bond acceptors (Lipinski definition) is 3. The van der Waals surface area contributed by atoms with Gasteiger partial charge in [-0.3, -0.25) is 14.4 Å². The summed E-state index contributed by atoms with van der Waals surface area (Å²) in [6.45, 7) is 13.4. The van der Waals surface area contributed by atoms with Crippen LogP contribution in [0.1, 0.15) is 80.1 Å². The van der Waals surface area contributed by atoms with E-state index in [2.05, 4.69) is 65.8 Å². The molecule has 168 valence electrons. The van der Waals surface area contributed by atoms with Crippen molar-refractivity contribution in [2.24, 2.45) is 5.73 Å². The SMILES string of the molecule is CC(C)=CCC/C(C)=C/CN(C/C=C(\C)CCC=C(C)C)C(=O)CCC(=O)C(N)=O. The van der Waals surface area contributed by atoms with Crippen LogP contribution in [0, 0.1) is 0 Å². The fourth-order valence-electron chi connectivity index (χ4n) is 2.69. The number of carbonyl (C=O) groups excluding carboxylic acids is 3. The normalized spacial score (nSPS) is 11.7. The molecule has 0 bridgehead atoms. The van der Waals surface area contributed by atoms with Crippen molar-refractivity contribution in [1.29, 1.82) is 0 Å². The van der Waals surface area contributed by atoms with Gasteiger partial charge in [-0.2, -0.15) is 0 Å². The van der Waals surface area contributed by atoms with Crippen LogP contribution in [0.5, 0.6) is 0 Å². The van der Waals surface area contributed by atoms with Crippen LogP contribution in [-0.2, 0) is 14.4 Å². The lowest BCUT2D eigenvalue weighted by Crippen LogP contribution is -2.33. The molecule has 0 aliphatic carbocycles. The van der Waals surface area contributed by atoms with Gasteiger partial charge in [-0.25, -0.2) is 0 Å². The second-order valence-corrected chi connectivity index (χ2v) is 8.33. The zero-order valence-corrected chi connectivity index (χ0v) is 19.7. The van der Waals surface area contributed by atoms with Crippen molar-refractivity contribution in [2.75, 3.05) is 13.1 Å². The van der Waals surface area contributed by atoms with E-state index in [1.54, 1.807) is 4.90 Å². The summed E-state index contributed by atoms with van der Waals surface area (Å²) in [7, 11) is 0. The molecule has 2 N–H and O–H groups in total. The molecule has 0 aromatic carbocycles. The number of ketones is 1. The lowest BCUT2D eigenvalue weighted by atomic mass is 10.1. The number of nitrogens with two attached hydrogens (primary N) is 1. The first kappa shape index (κ1) is 27.6. The highest BCUT2D eigenvalue weighted by Crippen LogP contribution is 2.10. The van der Waals surface area contributed by atoms with E-state index in [1.165, 1.54) is 22.3 Å². The summed E-state index contributed by atoms with van der Waals surface area (Å²) in [5, 5.41) is 0. The minimum Gasteiger partial charge on any atom is -0.363 e. The van der Waals surface area contributed by atoms with Crippen molar-refractivity contribution in [3.63, 3.8) is 0 Å². The molecule has 0 aliphatic heterocycles. The first-order valence-electron chi connectivity index (χ1n) is 10.7. The molecule has 0 atom stereocenters. The molecule has 0 rings (SSSR count). The lowest BCUT2D eigenvalue weighted by Gasteiger charge is -2.20. The van der Waals surface area contributed by atoms with Gasteiger partial charge >= 0.3 is 0 Å². The van der Waals surface area contributed by atoms with Gasteiger partial charge in [-0.05, 0) is 67.2 Å². The topological polar surface area (TPSA) is 80.5 Å². The Kier molecular flexibility index (Phi) is 14.2. The largest absolute Gasteiger partial charge is 0.363 e. The van der Waals surface area contributed by atoms with E-state index < -0.39 is 11.7 Å². The van der Waals surface area contributed by atoms with E-state index in [9.17, 15) is 14.4 Å². The van der Waals surface area contributed by atoms with E-state index in [1.807, 2.05) is 0 Å². The quantitative estimate of drug-likeness (QED) is 0.318. The minimum atomic E-state index is -0.987. The molecular formula is C25H40N2O3. The third-order valence-corrected chi connectivity index (χ3v) is 4.70. The highest BCUT2D eigenvalue weighted by molar-refractivity contribution is 6.35. The van der Waals surface area contributed by atoms with Gasteiger partial charge in [0.1, 0.15) is 0 Å². The van der Waals surface area contributed by atoms with Gasteiger partial charge in [0.05, 0.1) is 0 Å². The Morgan fingerprint density at radius 1 is 0.667 bits per heavy atom. The Morgan fingerprint density at radius 3 is 1.47 bits per heavy atom. The number of Topliss-reactive ketones (excluding diaryl/α,β-unsaturated/α-hetero) is 1. The minimum absolute atomic E-state index is 0.00289. The molecule has 5 nitrogen and oxygen atoms in total. The summed E-state index contributed by atoms with van der Waals surface area (Å²) in [6.07, 6.45) is 12.3. The summed E-state index contributed by atoms with van der Waals surface area (Å²) in [6, 6.07) is 0. The monoisotopic (exact) mass is 416 g/mol. The molecule has 5 heteroatoms. The van der Waals surface area contributed by atoms with Gasteiger partial charge in [0.15, 0.2) is 0 Å². The molecule has 0 heterocycles. The van der Waals surface area contributed by atoms with Crippen LogP contribution in [0.3, 0.4) is 0 Å². The fraction of sp³-hybridized carbons (Fsp3) is 0.560. The molecule has 0 unspecified atom stereocenters. The maximum atomic E-state index is 12.6. The Bertz CT molecular complexity index is 664. The van der Waals surface area contributed by atoms with E-state index in [4.69, 9.17) is 5.73 Å². The molecule has 0 aromatic heterocycles. The van der Waals surface area contributed by atoms with Crippen LogP contribution >= 0.6 is 0 Å². The molecule has 0 radical (unpaired) electrons. The Balaban J connectivity index is 5.04. The van der Waals surface area contributed by atoms with Gasteiger partial charge in [0, 0.05) is 25.9 Å². The van der Waals surface area contributed by atoms with Crippen molar-refractivity contribution in [1.82, 2.24) is 4.90 Å². The Hall–Kier alpha value is -2.43. The number of rotatable bonds is 14. The second kappa shape index (κ2) is 15.4. The van der Waals surface area contributed by atoms with Gasteiger partial charge in [0.2, 0.25) is 11.7 Å². The van der Waals surface area contributed by atoms with Crippen LogP contribution in [0.4, 0.5) is 0 Å². The highest BCUT2D eigenvalue weighted by Gasteiger charge is 2.16. The summed E-state index contributed by atoms with van der Waals surface area (Å²) in [5.41, 5.74) is 10.0. The highest BCUT2D eigenvalue weighted by atomic mass is 16.2. The number of carbonyl (C=O) groups is 3. The summed E-state index contributed by atoms with van der Waals surface area (Å²) < 4.78 is 0. The summed E-state index contributed by atoms with van der Waals surface area (Å²) >= 11 is 0. The second-order valence-electron chi connectivity index (χ2n) is 8.33. The van der Waals surface area contributed by atoms with E-state index >= 15 is 0 Å². The first-order valence-corrected chi connectivity index (χ1v) is 10.7. The van der Waals surface area contributed by atoms with Crippen LogP contribution in [-0.4, -0.2) is 35.6 Å². The van der Waals surface area contributed by atoms with Crippen molar-refractivity contribution in [2.45, 2.75) is 80.1 Å². The third kappa shape index (κ3) is 14.6. The lowest BCUT2D eigenvalue weighted by molar-refractivity contribution is -0.137. The van der Waals surface area contributed by atoms with E-state index in [-0.39, 0.29) is 18.7 Å². The average Bonchev–Trinajstić information content (AvgIpc) is 2.65. The van der Waals surface area contributed by atoms with Crippen LogP contribution in [0.25, 0.3) is 0 Å².